The zero-order valence-corrected chi connectivity index (χ0v) is 16.3. The molecule has 2 aromatic carbocycles. The maximum atomic E-state index is 11.0. The number of ether oxygens (including phenoxy) is 1. The Morgan fingerprint density at radius 3 is 1.78 bits per heavy atom. The van der Waals surface area contributed by atoms with Crippen LogP contribution >= 0.6 is 55.1 Å². The smallest absolute Gasteiger partial charge is 0.337 e. The van der Waals surface area contributed by atoms with Crippen LogP contribution in [0.4, 0.5) is 0 Å². The molecule has 0 bridgehead atoms. The standard InChI is InChI=1S/C8H6BrClO2.C7H4BrClO2/c1-12-8(11)5-2-3-7(10)6(9)4-5;8-5-3-4(7(10)11)1-2-6(5)9/h2-4H,1H3;1-3H,(H,10,11). The van der Waals surface area contributed by atoms with Crippen molar-refractivity contribution in [2.45, 2.75) is 0 Å². The van der Waals surface area contributed by atoms with Gasteiger partial charge < -0.3 is 9.84 Å². The number of aromatic carboxylic acids is 1. The molecule has 0 aliphatic rings. The van der Waals surface area contributed by atoms with Gasteiger partial charge in [-0.2, -0.15) is 0 Å². The maximum absolute atomic E-state index is 11.0. The molecule has 0 amide bonds. The highest BCUT2D eigenvalue weighted by molar-refractivity contribution is 9.10. The first-order chi connectivity index (χ1) is 10.8. The summed E-state index contributed by atoms with van der Waals surface area (Å²) in [5.41, 5.74) is 0.704. The summed E-state index contributed by atoms with van der Waals surface area (Å²) < 4.78 is 5.81. The van der Waals surface area contributed by atoms with E-state index in [4.69, 9.17) is 28.3 Å². The maximum Gasteiger partial charge on any atom is 0.337 e. The van der Waals surface area contributed by atoms with E-state index in [0.717, 1.165) is 0 Å². The number of rotatable bonds is 2. The predicted molar refractivity (Wildman–Crippen MR) is 96.6 cm³/mol. The van der Waals surface area contributed by atoms with Crippen molar-refractivity contribution in [3.63, 3.8) is 0 Å². The minimum atomic E-state index is -0.956. The largest absolute Gasteiger partial charge is 0.478 e. The summed E-state index contributed by atoms with van der Waals surface area (Å²) in [7, 11) is 1.34. The van der Waals surface area contributed by atoms with Gasteiger partial charge in [0.25, 0.3) is 0 Å². The fourth-order valence-electron chi connectivity index (χ4n) is 1.37. The lowest BCUT2D eigenvalue weighted by Gasteiger charge is -2.00. The number of methoxy groups -OCH3 is 1. The molecule has 2 aromatic rings. The second kappa shape index (κ2) is 9.27. The lowest BCUT2D eigenvalue weighted by molar-refractivity contribution is 0.0599. The van der Waals surface area contributed by atoms with Crippen LogP contribution in [0.1, 0.15) is 20.7 Å². The van der Waals surface area contributed by atoms with Gasteiger partial charge in [0.2, 0.25) is 0 Å². The van der Waals surface area contributed by atoms with Crippen molar-refractivity contribution >= 4 is 67.0 Å². The zero-order valence-electron chi connectivity index (χ0n) is 11.6. The van der Waals surface area contributed by atoms with E-state index in [1.165, 1.54) is 25.3 Å². The van der Waals surface area contributed by atoms with E-state index in [1.54, 1.807) is 18.2 Å². The first-order valence-electron chi connectivity index (χ1n) is 5.98. The fraction of sp³-hybridized carbons (Fsp3) is 0.0667. The minimum absolute atomic E-state index is 0.223. The molecular formula is C15H10Br2Cl2O4. The van der Waals surface area contributed by atoms with Gasteiger partial charge in [-0.3, -0.25) is 0 Å². The quantitative estimate of drug-likeness (QED) is 0.556. The highest BCUT2D eigenvalue weighted by Crippen LogP contribution is 2.24. The third-order valence-corrected chi connectivity index (χ3v) is 4.94. The van der Waals surface area contributed by atoms with Gasteiger partial charge in [0.1, 0.15) is 0 Å². The van der Waals surface area contributed by atoms with Gasteiger partial charge in [-0.25, -0.2) is 9.59 Å². The van der Waals surface area contributed by atoms with Crippen LogP contribution in [-0.2, 0) is 4.74 Å². The zero-order chi connectivity index (χ0) is 17.6. The van der Waals surface area contributed by atoms with Crippen LogP contribution in [0.5, 0.6) is 0 Å². The van der Waals surface area contributed by atoms with E-state index in [0.29, 0.717) is 24.6 Å². The summed E-state index contributed by atoms with van der Waals surface area (Å²) in [4.78, 5) is 21.4. The molecule has 0 saturated carbocycles. The molecule has 8 heteroatoms. The number of carboxylic acids is 1. The van der Waals surface area contributed by atoms with Crippen molar-refractivity contribution in [2.24, 2.45) is 0 Å². The van der Waals surface area contributed by atoms with Gasteiger partial charge in [-0.1, -0.05) is 23.2 Å². The predicted octanol–water partition coefficient (Wildman–Crippen LogP) is 5.69. The Hall–Kier alpha value is -1.08. The summed E-state index contributed by atoms with van der Waals surface area (Å²) in [5.74, 6) is -1.32. The molecular weight excluding hydrogens is 475 g/mol. The Labute approximate surface area is 159 Å². The van der Waals surface area contributed by atoms with Crippen molar-refractivity contribution in [3.05, 3.63) is 66.5 Å². The van der Waals surface area contributed by atoms with E-state index in [-0.39, 0.29) is 11.5 Å². The molecule has 0 fully saturated rings. The molecule has 4 nitrogen and oxygen atoms in total. The molecule has 0 atom stereocenters. The molecule has 0 aliphatic heterocycles. The number of carboxylic acid groups (broad SMARTS) is 1. The molecule has 0 radical (unpaired) electrons. The Balaban J connectivity index is 0.000000231. The molecule has 0 spiro atoms. The summed E-state index contributed by atoms with van der Waals surface area (Å²) in [6.45, 7) is 0. The van der Waals surface area contributed by atoms with Gasteiger partial charge in [0.15, 0.2) is 0 Å². The van der Waals surface area contributed by atoms with Gasteiger partial charge in [-0.15, -0.1) is 0 Å². The third-order valence-electron chi connectivity index (χ3n) is 2.51. The second-order valence-electron chi connectivity index (χ2n) is 4.05. The number of halogens is 4. The monoisotopic (exact) mass is 482 g/mol. The van der Waals surface area contributed by atoms with Crippen LogP contribution in [0.15, 0.2) is 45.3 Å². The Morgan fingerprint density at radius 1 is 0.957 bits per heavy atom. The fourth-order valence-corrected chi connectivity index (χ4v) is 2.36. The van der Waals surface area contributed by atoms with E-state index in [9.17, 15) is 9.59 Å². The Morgan fingerprint density at radius 2 is 1.39 bits per heavy atom. The topological polar surface area (TPSA) is 63.6 Å². The third kappa shape index (κ3) is 6.14. The van der Waals surface area contributed by atoms with Crippen molar-refractivity contribution in [1.29, 1.82) is 0 Å². The van der Waals surface area contributed by atoms with Crippen LogP contribution < -0.4 is 0 Å². The van der Waals surface area contributed by atoms with Crippen LogP contribution in [-0.4, -0.2) is 24.2 Å². The van der Waals surface area contributed by atoms with E-state index < -0.39 is 5.97 Å². The van der Waals surface area contributed by atoms with Gasteiger partial charge in [-0.05, 0) is 68.3 Å². The number of carbonyl (C=O) groups excluding carboxylic acids is 1. The lowest BCUT2D eigenvalue weighted by Crippen LogP contribution is -2.00. The van der Waals surface area contributed by atoms with E-state index in [1.807, 2.05) is 0 Å². The summed E-state index contributed by atoms with van der Waals surface area (Å²) in [6.07, 6.45) is 0. The number of carbonyl (C=O) groups is 2. The average Bonchev–Trinajstić information content (AvgIpc) is 2.52. The minimum Gasteiger partial charge on any atom is -0.478 e. The second-order valence-corrected chi connectivity index (χ2v) is 6.58. The van der Waals surface area contributed by atoms with Crippen molar-refractivity contribution in [1.82, 2.24) is 0 Å². The summed E-state index contributed by atoms with van der Waals surface area (Å²) in [6, 6.07) is 9.32. The molecule has 0 saturated heterocycles. The van der Waals surface area contributed by atoms with E-state index >= 15 is 0 Å². The number of benzene rings is 2. The van der Waals surface area contributed by atoms with Gasteiger partial charge in [0, 0.05) is 8.95 Å². The average molecular weight is 485 g/mol. The molecule has 122 valence electrons. The number of hydrogen-bond acceptors (Lipinski definition) is 3. The molecule has 0 aliphatic carbocycles. The molecule has 23 heavy (non-hydrogen) atoms. The van der Waals surface area contributed by atoms with Crippen molar-refractivity contribution in [3.8, 4) is 0 Å². The SMILES string of the molecule is COC(=O)c1ccc(Cl)c(Br)c1.O=C(O)c1ccc(Cl)c(Br)c1. The molecule has 1 N–H and O–H groups in total. The molecule has 2 rings (SSSR count). The summed E-state index contributed by atoms with van der Waals surface area (Å²) >= 11 is 17.7. The van der Waals surface area contributed by atoms with Crippen molar-refractivity contribution < 1.29 is 19.4 Å². The van der Waals surface area contributed by atoms with Crippen LogP contribution in [0.25, 0.3) is 0 Å². The molecule has 0 aromatic heterocycles. The highest BCUT2D eigenvalue weighted by Gasteiger charge is 2.06. The number of esters is 1. The highest BCUT2D eigenvalue weighted by atomic mass is 79.9. The van der Waals surface area contributed by atoms with Crippen molar-refractivity contribution in [2.75, 3.05) is 7.11 Å². The van der Waals surface area contributed by atoms with Gasteiger partial charge in [0.05, 0.1) is 28.3 Å². The van der Waals surface area contributed by atoms with Gasteiger partial charge >= 0.3 is 11.9 Å². The van der Waals surface area contributed by atoms with Crippen LogP contribution in [0.3, 0.4) is 0 Å². The Bertz CT molecular complexity index is 735. The Kier molecular flexibility index (Phi) is 8.05. The first-order valence-corrected chi connectivity index (χ1v) is 8.32. The number of hydrogen-bond donors (Lipinski definition) is 1. The van der Waals surface area contributed by atoms with Crippen LogP contribution in [0.2, 0.25) is 10.0 Å². The molecule has 0 unspecified atom stereocenters. The normalized spacial score (nSPS) is 9.61. The molecule has 0 heterocycles. The lowest BCUT2D eigenvalue weighted by atomic mass is 10.2. The first kappa shape index (κ1) is 20.0. The van der Waals surface area contributed by atoms with E-state index in [2.05, 4.69) is 36.6 Å². The summed E-state index contributed by atoms with van der Waals surface area (Å²) in [5, 5.41) is 9.62. The van der Waals surface area contributed by atoms with Crippen LogP contribution in [0, 0.1) is 0 Å².